The zero-order valence-corrected chi connectivity index (χ0v) is 23.4. The van der Waals surface area contributed by atoms with Gasteiger partial charge in [-0.05, 0) is 20.9 Å². The normalized spacial score (nSPS) is 22.4. The van der Waals surface area contributed by atoms with Crippen LogP contribution in [0.1, 0.15) is 27.2 Å². The summed E-state index contributed by atoms with van der Waals surface area (Å²) in [5.74, 6) is 0. The van der Waals surface area contributed by atoms with Crippen molar-refractivity contribution in [3.8, 4) is 0 Å². The molecule has 0 amide bonds. The largest absolute Gasteiger partial charge is 0.405 e. The van der Waals surface area contributed by atoms with Gasteiger partial charge in [0.2, 0.25) is 0 Å². The second-order valence-corrected chi connectivity index (χ2v) is 14.3. The summed E-state index contributed by atoms with van der Waals surface area (Å²) in [6.45, 7) is 7.75. The van der Waals surface area contributed by atoms with E-state index >= 15 is 0 Å². The topological polar surface area (TPSA) is 104 Å². The maximum absolute atomic E-state index is 9.24. The molecule has 3 rings (SSSR count). The lowest BCUT2D eigenvalue weighted by molar-refractivity contribution is -0.246. The van der Waals surface area contributed by atoms with Crippen molar-refractivity contribution in [3.05, 3.63) is 71.1 Å². The molecule has 2 aromatic carbocycles. The molecule has 9 nitrogen and oxygen atoms in total. The number of azide groups is 1. The van der Waals surface area contributed by atoms with Gasteiger partial charge in [0.25, 0.3) is 8.32 Å². The van der Waals surface area contributed by atoms with Crippen LogP contribution in [0.15, 0.2) is 65.8 Å². The summed E-state index contributed by atoms with van der Waals surface area (Å²) >= 11 is 0. The van der Waals surface area contributed by atoms with Crippen molar-refractivity contribution in [1.82, 2.24) is 0 Å². The summed E-state index contributed by atoms with van der Waals surface area (Å²) in [6.07, 6.45) is -1.28. The van der Waals surface area contributed by atoms with E-state index < -0.39 is 32.9 Å². The van der Waals surface area contributed by atoms with E-state index in [1.165, 1.54) is 10.4 Å². The standard InChI is InChI=1S/C27H39N3O6Si/c1-27(2,3)37(21-12-8-6-9-13-21,22-14-10-7-11-15-22)35-19-24-26(34-20-33-17-16-31-4)23(29-30-28)18-25(32-5)36-24/h6-15,23-26H,16-20H2,1-5H3/t23-,24+,25-,26-/m0/s1. The van der Waals surface area contributed by atoms with E-state index in [4.69, 9.17) is 28.1 Å². The van der Waals surface area contributed by atoms with Crippen LogP contribution in [0.3, 0.4) is 0 Å². The second kappa shape index (κ2) is 14.0. The molecule has 0 saturated carbocycles. The molecule has 2 aromatic rings. The highest BCUT2D eigenvalue weighted by Crippen LogP contribution is 2.37. The SMILES string of the molecule is COCCOCO[C@H]1[C@@H](N=[N+]=[N-])C[C@@H](OC)O[C@@H]1CO[Si](c1ccccc1)(c1ccccc1)C(C)(C)C. The zero-order valence-electron chi connectivity index (χ0n) is 22.4. The van der Waals surface area contributed by atoms with Crippen LogP contribution < -0.4 is 10.4 Å². The van der Waals surface area contributed by atoms with Crippen LogP contribution in [-0.2, 0) is 28.1 Å². The Hall–Kier alpha value is -2.27. The third-order valence-electron chi connectivity index (χ3n) is 6.63. The predicted molar refractivity (Wildman–Crippen MR) is 144 cm³/mol. The Morgan fingerprint density at radius 3 is 2.14 bits per heavy atom. The lowest BCUT2D eigenvalue weighted by Crippen LogP contribution is -2.67. The molecule has 1 saturated heterocycles. The highest BCUT2D eigenvalue weighted by molar-refractivity contribution is 6.99. The van der Waals surface area contributed by atoms with Crippen molar-refractivity contribution in [2.45, 2.75) is 56.8 Å². The molecule has 37 heavy (non-hydrogen) atoms. The molecular formula is C27H39N3O6Si. The molecule has 0 bridgehead atoms. The summed E-state index contributed by atoms with van der Waals surface area (Å²) in [5.41, 5.74) is 9.24. The smallest absolute Gasteiger partial charge is 0.261 e. The van der Waals surface area contributed by atoms with Gasteiger partial charge in [0.05, 0.1) is 32.0 Å². The van der Waals surface area contributed by atoms with E-state index in [9.17, 15) is 5.53 Å². The number of nitrogens with zero attached hydrogens (tertiary/aromatic N) is 3. The molecule has 0 N–H and O–H groups in total. The van der Waals surface area contributed by atoms with Crippen molar-refractivity contribution in [2.24, 2.45) is 5.11 Å². The number of hydrogen-bond acceptors (Lipinski definition) is 7. The lowest BCUT2D eigenvalue weighted by atomic mass is 9.99. The Morgan fingerprint density at radius 2 is 1.62 bits per heavy atom. The lowest BCUT2D eigenvalue weighted by Gasteiger charge is -2.45. The Labute approximate surface area is 220 Å². The quantitative estimate of drug-likeness (QED) is 0.0970. The predicted octanol–water partition coefficient (Wildman–Crippen LogP) is 4.01. The van der Waals surface area contributed by atoms with Crippen LogP contribution in [0.2, 0.25) is 5.04 Å². The highest BCUT2D eigenvalue weighted by atomic mass is 28.4. The zero-order chi connectivity index (χ0) is 26.7. The fourth-order valence-electron chi connectivity index (χ4n) is 4.89. The van der Waals surface area contributed by atoms with Crippen LogP contribution in [0, 0.1) is 0 Å². The molecule has 0 aromatic heterocycles. The third-order valence-corrected chi connectivity index (χ3v) is 11.6. The van der Waals surface area contributed by atoms with Gasteiger partial charge in [-0.15, -0.1) is 0 Å². The minimum Gasteiger partial charge on any atom is -0.405 e. The summed E-state index contributed by atoms with van der Waals surface area (Å²) in [5, 5.41) is 6.14. The molecule has 1 heterocycles. The van der Waals surface area contributed by atoms with E-state index in [1.54, 1.807) is 14.2 Å². The Morgan fingerprint density at radius 1 is 1.00 bits per heavy atom. The van der Waals surface area contributed by atoms with E-state index in [0.29, 0.717) is 19.6 Å². The molecule has 0 radical (unpaired) electrons. The maximum Gasteiger partial charge on any atom is 0.261 e. The highest BCUT2D eigenvalue weighted by Gasteiger charge is 2.51. The first kappa shape index (κ1) is 29.3. The third kappa shape index (κ3) is 7.19. The van der Waals surface area contributed by atoms with Crippen molar-refractivity contribution < 1.29 is 28.1 Å². The maximum atomic E-state index is 9.24. The summed E-state index contributed by atoms with van der Waals surface area (Å²) < 4.78 is 35.5. The fourth-order valence-corrected chi connectivity index (χ4v) is 9.46. The van der Waals surface area contributed by atoms with Crippen LogP contribution in [0.4, 0.5) is 0 Å². The summed E-state index contributed by atoms with van der Waals surface area (Å²) in [7, 11) is 0.375. The Bertz CT molecular complexity index is 945. The second-order valence-electron chi connectivity index (χ2n) is 9.97. The Kier molecular flexibility index (Phi) is 11.1. The van der Waals surface area contributed by atoms with Gasteiger partial charge in [-0.25, -0.2) is 0 Å². The van der Waals surface area contributed by atoms with E-state index in [1.807, 2.05) is 36.4 Å². The van der Waals surface area contributed by atoms with Crippen LogP contribution >= 0.6 is 0 Å². The monoisotopic (exact) mass is 529 g/mol. The van der Waals surface area contributed by atoms with Gasteiger partial charge in [-0.1, -0.05) is 86.5 Å². The van der Waals surface area contributed by atoms with Gasteiger partial charge in [-0.2, -0.15) is 0 Å². The summed E-state index contributed by atoms with van der Waals surface area (Å²) in [4.78, 5) is 3.05. The van der Waals surface area contributed by atoms with Crippen LogP contribution in [0.25, 0.3) is 10.4 Å². The summed E-state index contributed by atoms with van der Waals surface area (Å²) in [6, 6.07) is 20.3. The van der Waals surface area contributed by atoms with E-state index in [-0.39, 0.29) is 18.4 Å². The van der Waals surface area contributed by atoms with Crippen molar-refractivity contribution >= 4 is 18.7 Å². The average Bonchev–Trinajstić information content (AvgIpc) is 2.90. The molecule has 10 heteroatoms. The molecule has 4 atom stereocenters. The van der Waals surface area contributed by atoms with Gasteiger partial charge in [0, 0.05) is 25.6 Å². The fraction of sp³-hybridized carbons (Fsp3) is 0.556. The van der Waals surface area contributed by atoms with Crippen LogP contribution in [-0.4, -0.2) is 73.7 Å². The number of benzene rings is 2. The molecule has 0 aliphatic carbocycles. The van der Waals surface area contributed by atoms with Gasteiger partial charge in [-0.3, -0.25) is 0 Å². The number of rotatable bonds is 13. The van der Waals surface area contributed by atoms with Gasteiger partial charge < -0.3 is 28.1 Å². The molecule has 0 spiro atoms. The van der Waals surface area contributed by atoms with Crippen molar-refractivity contribution in [3.63, 3.8) is 0 Å². The van der Waals surface area contributed by atoms with Crippen molar-refractivity contribution in [1.29, 1.82) is 0 Å². The Balaban J connectivity index is 1.95. The van der Waals surface area contributed by atoms with Gasteiger partial charge in [0.1, 0.15) is 12.9 Å². The minimum atomic E-state index is -2.81. The van der Waals surface area contributed by atoms with Gasteiger partial charge in [0.15, 0.2) is 6.29 Å². The average molecular weight is 530 g/mol. The molecule has 202 valence electrons. The number of methoxy groups -OCH3 is 2. The number of ether oxygens (including phenoxy) is 5. The molecule has 1 fully saturated rings. The number of hydrogen-bond donors (Lipinski definition) is 0. The first-order valence-electron chi connectivity index (χ1n) is 12.5. The molecule has 1 aliphatic rings. The van der Waals surface area contributed by atoms with Crippen molar-refractivity contribution in [2.75, 3.05) is 40.8 Å². The van der Waals surface area contributed by atoms with E-state index in [2.05, 4.69) is 55.1 Å². The first-order chi connectivity index (χ1) is 17.9. The van der Waals surface area contributed by atoms with E-state index in [0.717, 1.165) is 0 Å². The molecular weight excluding hydrogens is 490 g/mol. The van der Waals surface area contributed by atoms with Crippen LogP contribution in [0.5, 0.6) is 0 Å². The van der Waals surface area contributed by atoms with Gasteiger partial charge >= 0.3 is 0 Å². The molecule has 1 aliphatic heterocycles. The first-order valence-corrected chi connectivity index (χ1v) is 14.4. The minimum absolute atomic E-state index is 0.0161. The molecule has 0 unspecified atom stereocenters.